The fraction of sp³-hybridized carbons (Fsp3) is 0.389. The lowest BCUT2D eigenvalue weighted by Crippen LogP contribution is -2.46. The molecule has 0 atom stereocenters. The first-order chi connectivity index (χ1) is 20.7. The van der Waals surface area contributed by atoms with Crippen molar-refractivity contribution in [3.8, 4) is 11.3 Å². The lowest BCUT2D eigenvalue weighted by Gasteiger charge is -2.40. The third-order valence-electron chi connectivity index (χ3n) is 8.98. The summed E-state index contributed by atoms with van der Waals surface area (Å²) in [5.41, 5.74) is 5.10. The van der Waals surface area contributed by atoms with Crippen molar-refractivity contribution in [2.45, 2.75) is 57.5 Å². The quantitative estimate of drug-likeness (QED) is 0.226. The molecule has 2 aliphatic heterocycles. The van der Waals surface area contributed by atoms with Crippen molar-refractivity contribution in [2.75, 3.05) is 32.7 Å². The summed E-state index contributed by atoms with van der Waals surface area (Å²) in [6.45, 7) is 5.67. The number of piperidine rings is 2. The third kappa shape index (κ3) is 6.55. The van der Waals surface area contributed by atoms with Gasteiger partial charge in [0, 0.05) is 35.6 Å². The maximum atomic E-state index is 14.1. The monoisotopic (exact) mass is 564 g/mol. The predicted molar refractivity (Wildman–Crippen MR) is 168 cm³/mol. The Balaban J connectivity index is 1.27. The number of benzene rings is 3. The number of likely N-dealkylation sites (tertiary alicyclic amines) is 2. The molecule has 0 aliphatic carbocycles. The van der Waals surface area contributed by atoms with Crippen LogP contribution in [0.15, 0.2) is 78.9 Å². The van der Waals surface area contributed by atoms with Crippen LogP contribution in [0.5, 0.6) is 0 Å². The molecule has 0 spiro atoms. The molecule has 0 unspecified atom stereocenters. The zero-order valence-corrected chi connectivity index (χ0v) is 24.4. The summed E-state index contributed by atoms with van der Waals surface area (Å²) in [6.07, 6.45) is 7.59. The molecule has 4 aromatic rings. The van der Waals surface area contributed by atoms with Gasteiger partial charge in [-0.3, -0.25) is 9.69 Å². The Bertz CT molecular complexity index is 1490. The van der Waals surface area contributed by atoms with E-state index in [9.17, 15) is 9.18 Å². The number of rotatable bonds is 9. The molecule has 1 amide bonds. The van der Waals surface area contributed by atoms with Gasteiger partial charge in [0.15, 0.2) is 0 Å². The molecule has 6 rings (SSSR count). The second-order valence-electron chi connectivity index (χ2n) is 11.8. The SMILES string of the molecule is O=C(NCCCc1ccccc1F)c1c(CN2CCC(N3CCCCC3)CC2)c(-c2ccccc2)nc2ccccc12. The van der Waals surface area contributed by atoms with Crippen molar-refractivity contribution in [3.63, 3.8) is 0 Å². The minimum atomic E-state index is -0.192. The van der Waals surface area contributed by atoms with E-state index < -0.39 is 0 Å². The van der Waals surface area contributed by atoms with Gasteiger partial charge in [-0.1, -0.05) is 73.2 Å². The number of nitrogens with one attached hydrogen (secondary N) is 1. The number of para-hydroxylation sites is 1. The average Bonchev–Trinajstić information content (AvgIpc) is 3.04. The Morgan fingerprint density at radius 2 is 1.57 bits per heavy atom. The molecule has 3 aromatic carbocycles. The minimum Gasteiger partial charge on any atom is -0.352 e. The van der Waals surface area contributed by atoms with Crippen LogP contribution in [0.1, 0.15) is 60.0 Å². The molecule has 2 saturated heterocycles. The second kappa shape index (κ2) is 13.6. The van der Waals surface area contributed by atoms with Crippen LogP contribution in [0.4, 0.5) is 4.39 Å². The molecule has 1 aromatic heterocycles. The van der Waals surface area contributed by atoms with Gasteiger partial charge in [-0.15, -0.1) is 0 Å². The van der Waals surface area contributed by atoms with E-state index in [0.29, 0.717) is 43.1 Å². The summed E-state index contributed by atoms with van der Waals surface area (Å²) in [7, 11) is 0. The number of hydrogen-bond donors (Lipinski definition) is 1. The highest BCUT2D eigenvalue weighted by Crippen LogP contribution is 2.32. The number of nitrogens with zero attached hydrogens (tertiary/aromatic N) is 3. The highest BCUT2D eigenvalue weighted by molar-refractivity contribution is 6.09. The fourth-order valence-corrected chi connectivity index (χ4v) is 6.72. The van der Waals surface area contributed by atoms with E-state index in [1.165, 1.54) is 51.3 Å². The van der Waals surface area contributed by atoms with E-state index in [1.54, 1.807) is 6.07 Å². The van der Waals surface area contributed by atoms with Crippen LogP contribution in [0.3, 0.4) is 0 Å². The van der Waals surface area contributed by atoms with Gasteiger partial charge in [0.2, 0.25) is 0 Å². The standard InChI is InChI=1S/C36H41FN4O/c37-32-17-7-5-12-27(32)15-11-21-38-36(42)34-30-16-6-8-18-33(30)39-35(28-13-3-1-4-14-28)31(34)26-40-24-19-29(20-25-40)41-22-9-2-10-23-41/h1,3-8,12-14,16-18,29H,2,9-11,15,19-26H2,(H,38,42). The van der Waals surface area contributed by atoms with Crippen molar-refractivity contribution < 1.29 is 9.18 Å². The predicted octanol–water partition coefficient (Wildman–Crippen LogP) is 6.85. The van der Waals surface area contributed by atoms with Gasteiger partial charge in [-0.2, -0.15) is 0 Å². The summed E-state index contributed by atoms with van der Waals surface area (Å²) in [6, 6.07) is 25.7. The van der Waals surface area contributed by atoms with E-state index in [4.69, 9.17) is 4.98 Å². The van der Waals surface area contributed by atoms with E-state index >= 15 is 0 Å². The zero-order valence-electron chi connectivity index (χ0n) is 24.4. The first-order valence-corrected chi connectivity index (χ1v) is 15.6. The molecule has 1 N–H and O–H groups in total. The summed E-state index contributed by atoms with van der Waals surface area (Å²) >= 11 is 0. The molecule has 0 saturated carbocycles. The summed E-state index contributed by atoms with van der Waals surface area (Å²) in [5, 5.41) is 4.05. The zero-order chi connectivity index (χ0) is 28.7. The minimum absolute atomic E-state index is 0.0856. The van der Waals surface area contributed by atoms with Gasteiger partial charge in [-0.25, -0.2) is 9.37 Å². The lowest BCUT2D eigenvalue weighted by atomic mass is 9.94. The molecule has 0 radical (unpaired) electrons. The molecular weight excluding hydrogens is 523 g/mol. The topological polar surface area (TPSA) is 48.5 Å². The van der Waals surface area contributed by atoms with E-state index in [0.717, 1.165) is 40.8 Å². The van der Waals surface area contributed by atoms with Crippen LogP contribution < -0.4 is 5.32 Å². The fourth-order valence-electron chi connectivity index (χ4n) is 6.72. The first kappa shape index (κ1) is 28.5. The van der Waals surface area contributed by atoms with Crippen LogP contribution >= 0.6 is 0 Å². The van der Waals surface area contributed by atoms with Crippen molar-refractivity contribution in [2.24, 2.45) is 0 Å². The number of halogens is 1. The van der Waals surface area contributed by atoms with Crippen LogP contribution in [-0.4, -0.2) is 59.5 Å². The molecule has 0 bridgehead atoms. The van der Waals surface area contributed by atoms with Gasteiger partial charge < -0.3 is 10.2 Å². The van der Waals surface area contributed by atoms with Gasteiger partial charge in [-0.05, 0) is 82.4 Å². The number of aromatic nitrogens is 1. The average molecular weight is 565 g/mol. The van der Waals surface area contributed by atoms with Crippen molar-refractivity contribution in [1.82, 2.24) is 20.1 Å². The number of fused-ring (bicyclic) bond motifs is 1. The maximum absolute atomic E-state index is 14.1. The number of pyridine rings is 1. The van der Waals surface area contributed by atoms with Gasteiger partial charge in [0.05, 0.1) is 16.8 Å². The summed E-state index contributed by atoms with van der Waals surface area (Å²) in [4.78, 5) is 24.3. The molecule has 42 heavy (non-hydrogen) atoms. The Morgan fingerprint density at radius 1 is 0.857 bits per heavy atom. The Kier molecular flexibility index (Phi) is 9.21. The van der Waals surface area contributed by atoms with Crippen molar-refractivity contribution in [1.29, 1.82) is 0 Å². The molecule has 3 heterocycles. The second-order valence-corrected chi connectivity index (χ2v) is 11.8. The maximum Gasteiger partial charge on any atom is 0.252 e. The van der Waals surface area contributed by atoms with Crippen molar-refractivity contribution in [3.05, 3.63) is 101 Å². The smallest absolute Gasteiger partial charge is 0.252 e. The molecule has 5 nitrogen and oxygen atoms in total. The number of carbonyl (C=O) groups is 1. The van der Waals surface area contributed by atoms with Crippen LogP contribution in [0.2, 0.25) is 0 Å². The van der Waals surface area contributed by atoms with Crippen molar-refractivity contribution >= 4 is 16.8 Å². The lowest BCUT2D eigenvalue weighted by molar-refractivity contribution is 0.0886. The summed E-state index contributed by atoms with van der Waals surface area (Å²) in [5.74, 6) is -0.277. The van der Waals surface area contributed by atoms with Crippen LogP contribution in [0, 0.1) is 5.82 Å². The van der Waals surface area contributed by atoms with Crippen LogP contribution in [-0.2, 0) is 13.0 Å². The van der Waals surface area contributed by atoms with E-state index in [1.807, 2.05) is 54.6 Å². The highest BCUT2D eigenvalue weighted by atomic mass is 19.1. The Morgan fingerprint density at radius 3 is 2.36 bits per heavy atom. The van der Waals surface area contributed by atoms with Gasteiger partial charge in [0.25, 0.3) is 5.91 Å². The summed E-state index contributed by atoms with van der Waals surface area (Å²) < 4.78 is 14.1. The number of aryl methyl sites for hydroxylation is 1. The molecule has 2 fully saturated rings. The largest absolute Gasteiger partial charge is 0.352 e. The number of amides is 1. The molecule has 6 heteroatoms. The molecule has 218 valence electrons. The molecular formula is C36H41FN4O. The highest BCUT2D eigenvalue weighted by Gasteiger charge is 2.28. The van der Waals surface area contributed by atoms with Gasteiger partial charge >= 0.3 is 0 Å². The Hall–Kier alpha value is -3.61. The molecule has 2 aliphatic rings. The first-order valence-electron chi connectivity index (χ1n) is 15.6. The van der Waals surface area contributed by atoms with E-state index in [-0.39, 0.29) is 11.7 Å². The van der Waals surface area contributed by atoms with Gasteiger partial charge in [0.1, 0.15) is 5.82 Å². The van der Waals surface area contributed by atoms with Crippen LogP contribution in [0.25, 0.3) is 22.2 Å². The Labute approximate surface area is 248 Å². The number of carbonyl (C=O) groups excluding carboxylic acids is 1. The van der Waals surface area contributed by atoms with E-state index in [2.05, 4.69) is 27.2 Å². The third-order valence-corrected chi connectivity index (χ3v) is 8.98. The number of hydrogen-bond acceptors (Lipinski definition) is 4. The normalized spacial score (nSPS) is 17.0.